The summed E-state index contributed by atoms with van der Waals surface area (Å²) in [5, 5.41) is 7.42. The number of hydrogen-bond donors (Lipinski definition) is 2. The van der Waals surface area contributed by atoms with E-state index in [-0.39, 0.29) is 5.91 Å². The number of benzene rings is 2. The van der Waals surface area contributed by atoms with Crippen LogP contribution in [0.25, 0.3) is 33.4 Å². The Morgan fingerprint density at radius 3 is 2.62 bits per heavy atom. The number of nitrogens with one attached hydrogen (secondary N) is 2. The van der Waals surface area contributed by atoms with E-state index in [0.717, 1.165) is 22.2 Å². The predicted molar refractivity (Wildman–Crippen MR) is 111 cm³/mol. The van der Waals surface area contributed by atoms with Crippen molar-refractivity contribution < 1.29 is 9.32 Å². The number of rotatable bonds is 3. The molecule has 5 aromatic rings. The van der Waals surface area contributed by atoms with Crippen LogP contribution < -0.4 is 5.32 Å². The van der Waals surface area contributed by atoms with Crippen molar-refractivity contribution >= 4 is 34.0 Å². The summed E-state index contributed by atoms with van der Waals surface area (Å²) in [5.41, 5.74) is 5.69. The van der Waals surface area contributed by atoms with Crippen molar-refractivity contribution in [1.29, 1.82) is 0 Å². The Labute approximate surface area is 165 Å². The smallest absolute Gasteiger partial charge is 0.259 e. The minimum atomic E-state index is -0.309. The van der Waals surface area contributed by atoms with Crippen molar-refractivity contribution in [2.45, 2.75) is 13.8 Å². The number of amides is 1. The van der Waals surface area contributed by atoms with Gasteiger partial charge in [0.25, 0.3) is 11.6 Å². The molecule has 1 amide bonds. The molecule has 2 N–H and O–H groups in total. The lowest BCUT2D eigenvalue weighted by molar-refractivity contribution is 0.102. The molecule has 0 aliphatic rings. The molecule has 0 fully saturated rings. The summed E-state index contributed by atoms with van der Waals surface area (Å²) in [6.07, 6.45) is 0. The molecule has 0 spiro atoms. The number of pyridine rings is 1. The minimum absolute atomic E-state index is 0.309. The van der Waals surface area contributed by atoms with Crippen LogP contribution in [0.1, 0.15) is 21.6 Å². The Morgan fingerprint density at radius 1 is 1.03 bits per heavy atom. The maximum atomic E-state index is 13.1. The minimum Gasteiger partial charge on any atom is -0.335 e. The molecule has 7 heteroatoms. The van der Waals surface area contributed by atoms with Gasteiger partial charge in [-0.1, -0.05) is 47.1 Å². The zero-order valence-corrected chi connectivity index (χ0v) is 15.9. The van der Waals surface area contributed by atoms with E-state index in [4.69, 9.17) is 4.52 Å². The van der Waals surface area contributed by atoms with Gasteiger partial charge in [-0.2, -0.15) is 0 Å². The first-order valence-electron chi connectivity index (χ1n) is 9.18. The van der Waals surface area contributed by atoms with Crippen LogP contribution in [0.4, 0.5) is 5.95 Å². The van der Waals surface area contributed by atoms with Crippen LogP contribution in [0, 0.1) is 13.8 Å². The molecule has 0 atom stereocenters. The Balaban J connectivity index is 1.59. The number of imidazole rings is 1. The fourth-order valence-electron chi connectivity index (χ4n) is 3.33. The van der Waals surface area contributed by atoms with E-state index in [2.05, 4.69) is 25.4 Å². The molecule has 7 nitrogen and oxygen atoms in total. The normalized spacial score (nSPS) is 11.2. The van der Waals surface area contributed by atoms with E-state index in [1.807, 2.05) is 55.5 Å². The fourth-order valence-corrected chi connectivity index (χ4v) is 3.33. The summed E-state index contributed by atoms with van der Waals surface area (Å²) in [7, 11) is 0. The van der Waals surface area contributed by atoms with Crippen LogP contribution in [0.5, 0.6) is 0 Å². The van der Waals surface area contributed by atoms with Crippen molar-refractivity contribution in [3.63, 3.8) is 0 Å². The highest BCUT2D eigenvalue weighted by atomic mass is 16.5. The van der Waals surface area contributed by atoms with Crippen LogP contribution in [0.3, 0.4) is 0 Å². The van der Waals surface area contributed by atoms with E-state index in [1.165, 1.54) is 0 Å². The van der Waals surface area contributed by atoms with E-state index in [0.29, 0.717) is 34.0 Å². The first kappa shape index (κ1) is 17.1. The van der Waals surface area contributed by atoms with Gasteiger partial charge in [0, 0.05) is 5.56 Å². The molecule has 0 unspecified atom stereocenters. The number of aryl methyl sites for hydroxylation is 2. The number of hydrogen-bond acceptors (Lipinski definition) is 5. The average Bonchev–Trinajstić information content (AvgIpc) is 3.30. The van der Waals surface area contributed by atoms with E-state index < -0.39 is 0 Å². The Kier molecular flexibility index (Phi) is 3.87. The third kappa shape index (κ3) is 3.02. The Hall–Kier alpha value is -4.00. The maximum Gasteiger partial charge on any atom is 0.259 e. The molecule has 29 heavy (non-hydrogen) atoms. The molecule has 5 rings (SSSR count). The highest BCUT2D eigenvalue weighted by Crippen LogP contribution is 2.28. The molecule has 0 saturated carbocycles. The third-order valence-corrected chi connectivity index (χ3v) is 4.83. The Bertz CT molecular complexity index is 1330. The number of nitrogens with zero attached hydrogens (tertiary/aromatic N) is 3. The number of para-hydroxylation sites is 2. The number of carbonyl (C=O) groups is 1. The highest BCUT2D eigenvalue weighted by Gasteiger charge is 2.20. The zero-order chi connectivity index (χ0) is 20.0. The molecule has 2 aromatic carbocycles. The van der Waals surface area contributed by atoms with Crippen LogP contribution in [-0.2, 0) is 0 Å². The summed E-state index contributed by atoms with van der Waals surface area (Å²) in [6.45, 7) is 3.81. The van der Waals surface area contributed by atoms with Gasteiger partial charge in [0.15, 0.2) is 0 Å². The topological polar surface area (TPSA) is 96.7 Å². The van der Waals surface area contributed by atoms with Crippen LogP contribution in [-0.4, -0.2) is 26.0 Å². The molecule has 0 aliphatic carbocycles. The predicted octanol–water partition coefficient (Wildman–Crippen LogP) is 4.64. The van der Waals surface area contributed by atoms with Gasteiger partial charge in [0.05, 0.1) is 33.4 Å². The van der Waals surface area contributed by atoms with E-state index in [9.17, 15) is 4.79 Å². The van der Waals surface area contributed by atoms with Gasteiger partial charge in [0.2, 0.25) is 5.95 Å². The number of H-pyrrole nitrogens is 1. The summed E-state index contributed by atoms with van der Waals surface area (Å²) in [6, 6.07) is 17.3. The molecule has 0 bridgehead atoms. The number of anilines is 1. The monoisotopic (exact) mass is 383 g/mol. The highest BCUT2D eigenvalue weighted by molar-refractivity contribution is 6.12. The van der Waals surface area contributed by atoms with Gasteiger partial charge in [0.1, 0.15) is 0 Å². The largest absolute Gasteiger partial charge is 0.335 e. The molecule has 3 aromatic heterocycles. The lowest BCUT2D eigenvalue weighted by Crippen LogP contribution is -2.14. The van der Waals surface area contributed by atoms with Crippen molar-refractivity contribution in [2.75, 3.05) is 5.32 Å². The van der Waals surface area contributed by atoms with Gasteiger partial charge in [-0.15, -0.1) is 0 Å². The van der Waals surface area contributed by atoms with Gasteiger partial charge in [-0.3, -0.25) is 10.1 Å². The molecule has 3 heterocycles. The van der Waals surface area contributed by atoms with Crippen LogP contribution in [0.15, 0.2) is 59.1 Å². The van der Waals surface area contributed by atoms with Gasteiger partial charge in [-0.25, -0.2) is 9.97 Å². The van der Waals surface area contributed by atoms with Crippen LogP contribution >= 0.6 is 0 Å². The van der Waals surface area contributed by atoms with E-state index >= 15 is 0 Å². The number of fused-ring (bicyclic) bond motifs is 2. The molecule has 0 aliphatic heterocycles. The first-order chi connectivity index (χ1) is 14.1. The van der Waals surface area contributed by atoms with Gasteiger partial charge < -0.3 is 9.51 Å². The van der Waals surface area contributed by atoms with Crippen molar-refractivity contribution in [3.8, 4) is 11.3 Å². The lowest BCUT2D eigenvalue weighted by atomic mass is 10.0. The lowest BCUT2D eigenvalue weighted by Gasteiger charge is -2.07. The second kappa shape index (κ2) is 6.56. The SMILES string of the molecule is Cc1ccc(-c2cc(C(=O)Nc3nc4ccccc4[nH]3)c3c(C)noc3n2)cc1. The summed E-state index contributed by atoms with van der Waals surface area (Å²) in [5.74, 6) is 0.0725. The van der Waals surface area contributed by atoms with Crippen molar-refractivity contribution in [1.82, 2.24) is 20.1 Å². The number of aromatic amines is 1. The summed E-state index contributed by atoms with van der Waals surface area (Å²) < 4.78 is 5.36. The summed E-state index contributed by atoms with van der Waals surface area (Å²) in [4.78, 5) is 25.2. The Morgan fingerprint density at radius 2 is 1.83 bits per heavy atom. The second-order valence-corrected chi connectivity index (χ2v) is 6.93. The fraction of sp³-hybridized carbons (Fsp3) is 0.0909. The quantitative estimate of drug-likeness (QED) is 0.473. The van der Waals surface area contributed by atoms with Crippen LogP contribution in [0.2, 0.25) is 0 Å². The zero-order valence-electron chi connectivity index (χ0n) is 15.9. The van der Waals surface area contributed by atoms with Gasteiger partial charge >= 0.3 is 0 Å². The van der Waals surface area contributed by atoms with Crippen molar-refractivity contribution in [3.05, 3.63) is 71.4 Å². The number of carbonyl (C=O) groups excluding carboxylic acids is 1. The second-order valence-electron chi connectivity index (χ2n) is 6.93. The molecular formula is C22H17N5O2. The molecule has 0 radical (unpaired) electrons. The molecule has 142 valence electrons. The molecular weight excluding hydrogens is 366 g/mol. The average molecular weight is 383 g/mol. The summed E-state index contributed by atoms with van der Waals surface area (Å²) >= 11 is 0. The third-order valence-electron chi connectivity index (χ3n) is 4.83. The standard InChI is InChI=1S/C22H17N5O2/c1-12-7-9-14(10-8-12)18-11-15(19-13(2)27-29-21(19)23-18)20(28)26-22-24-16-5-3-4-6-17(16)25-22/h3-11H,1-2H3,(H2,24,25,26,28). The number of aromatic nitrogens is 4. The molecule has 0 saturated heterocycles. The van der Waals surface area contributed by atoms with E-state index in [1.54, 1.807) is 13.0 Å². The van der Waals surface area contributed by atoms with Crippen molar-refractivity contribution in [2.24, 2.45) is 0 Å². The maximum absolute atomic E-state index is 13.1. The first-order valence-corrected chi connectivity index (χ1v) is 9.18. The van der Waals surface area contributed by atoms with Gasteiger partial charge in [-0.05, 0) is 32.0 Å².